The first kappa shape index (κ1) is 10.2. The van der Waals surface area contributed by atoms with Gasteiger partial charge in [0.15, 0.2) is 0 Å². The molecule has 0 radical (unpaired) electrons. The van der Waals surface area contributed by atoms with E-state index in [1.165, 1.54) is 0 Å². The monoisotopic (exact) mass is 206 g/mol. The summed E-state index contributed by atoms with van der Waals surface area (Å²) in [6.45, 7) is 2.32. The fourth-order valence-corrected chi connectivity index (χ4v) is 2.17. The minimum atomic E-state index is -0.770. The van der Waals surface area contributed by atoms with Gasteiger partial charge in [-0.05, 0) is 12.5 Å². The van der Waals surface area contributed by atoms with E-state index in [0.717, 1.165) is 5.56 Å². The molecule has 1 N–H and O–H groups in total. The van der Waals surface area contributed by atoms with Gasteiger partial charge in [0.05, 0.1) is 18.6 Å². The lowest BCUT2D eigenvalue weighted by Crippen LogP contribution is -2.25. The number of benzene rings is 1. The number of hydrogen-bond acceptors (Lipinski definition) is 2. The number of hydrogen-bond donors (Lipinski definition) is 1. The van der Waals surface area contributed by atoms with Gasteiger partial charge in [-0.15, -0.1) is 0 Å². The van der Waals surface area contributed by atoms with Gasteiger partial charge in [-0.2, -0.15) is 0 Å². The minimum Gasteiger partial charge on any atom is -0.481 e. The van der Waals surface area contributed by atoms with Gasteiger partial charge in [0.25, 0.3) is 0 Å². The molecule has 0 aliphatic carbocycles. The summed E-state index contributed by atoms with van der Waals surface area (Å²) < 4.78 is 5.41. The molecule has 2 rings (SSSR count). The van der Waals surface area contributed by atoms with Crippen molar-refractivity contribution in [3.8, 4) is 0 Å². The summed E-state index contributed by atoms with van der Waals surface area (Å²) in [7, 11) is 0. The van der Waals surface area contributed by atoms with Crippen LogP contribution < -0.4 is 0 Å². The lowest BCUT2D eigenvalue weighted by molar-refractivity contribution is -0.143. The summed E-state index contributed by atoms with van der Waals surface area (Å²) >= 11 is 0. The predicted molar refractivity (Wildman–Crippen MR) is 55.7 cm³/mol. The quantitative estimate of drug-likeness (QED) is 0.803. The fourth-order valence-electron chi connectivity index (χ4n) is 2.17. The molecule has 0 spiro atoms. The van der Waals surface area contributed by atoms with Gasteiger partial charge in [0, 0.05) is 5.92 Å². The molecule has 15 heavy (non-hydrogen) atoms. The van der Waals surface area contributed by atoms with Crippen LogP contribution in [0.5, 0.6) is 0 Å². The van der Waals surface area contributed by atoms with E-state index in [1.54, 1.807) is 0 Å². The molecule has 1 aliphatic rings. The zero-order valence-electron chi connectivity index (χ0n) is 8.59. The van der Waals surface area contributed by atoms with E-state index in [2.05, 4.69) is 0 Å². The van der Waals surface area contributed by atoms with Crippen LogP contribution in [0.1, 0.15) is 18.4 Å². The van der Waals surface area contributed by atoms with E-state index in [1.807, 2.05) is 37.3 Å². The third kappa shape index (κ3) is 1.88. The minimum absolute atomic E-state index is 0.0151. The van der Waals surface area contributed by atoms with Crippen molar-refractivity contribution < 1.29 is 14.6 Å². The number of aliphatic carboxylic acids is 1. The van der Waals surface area contributed by atoms with Crippen molar-refractivity contribution in [3.05, 3.63) is 35.9 Å². The molecule has 3 nitrogen and oxygen atoms in total. The lowest BCUT2D eigenvalue weighted by Gasteiger charge is -2.16. The third-order valence-electron chi connectivity index (χ3n) is 2.99. The Morgan fingerprint density at radius 1 is 1.40 bits per heavy atom. The zero-order chi connectivity index (χ0) is 10.8. The number of ether oxygens (including phenoxy) is 1. The SMILES string of the molecule is CC1OCC(c2ccccc2)C1C(=O)O. The Bertz CT molecular complexity index is 347. The van der Waals surface area contributed by atoms with E-state index < -0.39 is 11.9 Å². The topological polar surface area (TPSA) is 46.5 Å². The van der Waals surface area contributed by atoms with Gasteiger partial charge < -0.3 is 9.84 Å². The van der Waals surface area contributed by atoms with E-state index in [4.69, 9.17) is 9.84 Å². The summed E-state index contributed by atoms with van der Waals surface area (Å²) in [6, 6.07) is 9.71. The van der Waals surface area contributed by atoms with Crippen LogP contribution in [0.4, 0.5) is 0 Å². The van der Waals surface area contributed by atoms with Crippen LogP contribution in [0.15, 0.2) is 30.3 Å². The van der Waals surface area contributed by atoms with Crippen molar-refractivity contribution in [1.82, 2.24) is 0 Å². The van der Waals surface area contributed by atoms with Crippen LogP contribution in [-0.4, -0.2) is 23.8 Å². The number of carboxylic acid groups (broad SMARTS) is 1. The Hall–Kier alpha value is -1.35. The van der Waals surface area contributed by atoms with E-state index >= 15 is 0 Å². The smallest absolute Gasteiger partial charge is 0.309 e. The standard InChI is InChI=1S/C12H14O3/c1-8-11(12(13)14)10(7-15-8)9-5-3-2-4-6-9/h2-6,8,10-11H,7H2,1H3,(H,13,14). The van der Waals surface area contributed by atoms with Crippen molar-refractivity contribution in [1.29, 1.82) is 0 Å². The lowest BCUT2D eigenvalue weighted by atomic mass is 9.86. The maximum atomic E-state index is 11.1. The summed E-state index contributed by atoms with van der Waals surface area (Å²) in [4.78, 5) is 11.1. The Morgan fingerprint density at radius 3 is 2.67 bits per heavy atom. The highest BCUT2D eigenvalue weighted by Gasteiger charge is 2.40. The van der Waals surface area contributed by atoms with Crippen LogP contribution in [0.2, 0.25) is 0 Å². The fraction of sp³-hybridized carbons (Fsp3) is 0.417. The summed E-state index contributed by atoms with van der Waals surface area (Å²) in [6.07, 6.45) is -0.201. The molecule has 1 fully saturated rings. The highest BCUT2D eigenvalue weighted by atomic mass is 16.5. The molecule has 3 heteroatoms. The van der Waals surface area contributed by atoms with Gasteiger partial charge >= 0.3 is 5.97 Å². The highest BCUT2D eigenvalue weighted by Crippen LogP contribution is 2.35. The van der Waals surface area contributed by atoms with Gasteiger partial charge in [-0.1, -0.05) is 30.3 Å². The van der Waals surface area contributed by atoms with Crippen molar-refractivity contribution in [2.45, 2.75) is 18.9 Å². The molecular formula is C12H14O3. The molecule has 80 valence electrons. The second-order valence-electron chi connectivity index (χ2n) is 3.92. The number of rotatable bonds is 2. The molecule has 1 aromatic carbocycles. The average molecular weight is 206 g/mol. The van der Waals surface area contributed by atoms with Crippen molar-refractivity contribution in [2.24, 2.45) is 5.92 Å². The Morgan fingerprint density at radius 2 is 2.07 bits per heavy atom. The molecule has 1 saturated heterocycles. The van der Waals surface area contributed by atoms with Gasteiger partial charge in [0.1, 0.15) is 0 Å². The van der Waals surface area contributed by atoms with Gasteiger partial charge in [-0.3, -0.25) is 4.79 Å². The predicted octanol–water partition coefficient (Wildman–Crippen LogP) is 1.89. The van der Waals surface area contributed by atoms with Crippen LogP contribution in [-0.2, 0) is 9.53 Å². The molecule has 0 bridgehead atoms. The summed E-state index contributed by atoms with van der Waals surface area (Å²) in [5.74, 6) is -1.21. The van der Waals surface area contributed by atoms with Crippen molar-refractivity contribution in [2.75, 3.05) is 6.61 Å². The molecule has 3 unspecified atom stereocenters. The maximum Gasteiger partial charge on any atom is 0.309 e. The summed E-state index contributed by atoms with van der Waals surface area (Å²) in [5, 5.41) is 9.14. The van der Waals surface area contributed by atoms with E-state index in [0.29, 0.717) is 6.61 Å². The molecular weight excluding hydrogens is 192 g/mol. The first-order valence-electron chi connectivity index (χ1n) is 5.09. The summed E-state index contributed by atoms with van der Waals surface area (Å²) in [5.41, 5.74) is 1.05. The van der Waals surface area contributed by atoms with Crippen LogP contribution in [0.25, 0.3) is 0 Å². The van der Waals surface area contributed by atoms with Crippen LogP contribution in [0.3, 0.4) is 0 Å². The Balaban J connectivity index is 2.26. The molecule has 1 aromatic rings. The number of carbonyl (C=O) groups is 1. The van der Waals surface area contributed by atoms with E-state index in [-0.39, 0.29) is 12.0 Å². The Kier molecular flexibility index (Phi) is 2.73. The molecule has 1 heterocycles. The van der Waals surface area contributed by atoms with Crippen molar-refractivity contribution in [3.63, 3.8) is 0 Å². The highest BCUT2D eigenvalue weighted by molar-refractivity contribution is 5.72. The third-order valence-corrected chi connectivity index (χ3v) is 2.99. The molecule has 0 saturated carbocycles. The first-order chi connectivity index (χ1) is 7.20. The molecule has 1 aliphatic heterocycles. The second-order valence-corrected chi connectivity index (χ2v) is 3.92. The van der Waals surface area contributed by atoms with Crippen LogP contribution >= 0.6 is 0 Å². The maximum absolute atomic E-state index is 11.1. The second kappa shape index (κ2) is 4.03. The normalized spacial score (nSPS) is 30.3. The number of carboxylic acids is 1. The Labute approximate surface area is 88.7 Å². The first-order valence-corrected chi connectivity index (χ1v) is 5.09. The average Bonchev–Trinajstić information content (AvgIpc) is 2.61. The van der Waals surface area contributed by atoms with Gasteiger partial charge in [-0.25, -0.2) is 0 Å². The van der Waals surface area contributed by atoms with E-state index in [9.17, 15) is 4.79 Å². The van der Waals surface area contributed by atoms with Gasteiger partial charge in [0.2, 0.25) is 0 Å². The molecule has 3 atom stereocenters. The van der Waals surface area contributed by atoms with Crippen molar-refractivity contribution >= 4 is 5.97 Å². The molecule has 0 aromatic heterocycles. The zero-order valence-corrected chi connectivity index (χ0v) is 8.59. The largest absolute Gasteiger partial charge is 0.481 e. The van der Waals surface area contributed by atoms with Crippen LogP contribution in [0, 0.1) is 5.92 Å². The molecule has 0 amide bonds.